The van der Waals surface area contributed by atoms with Crippen LogP contribution in [0.25, 0.3) is 0 Å². The number of aromatic nitrogens is 2. The van der Waals surface area contributed by atoms with Gasteiger partial charge in [-0.1, -0.05) is 0 Å². The number of carbonyl (C=O) groups excluding carboxylic acids is 1. The van der Waals surface area contributed by atoms with Gasteiger partial charge in [-0.2, -0.15) is 0 Å². The smallest absolute Gasteiger partial charge is 0.290 e. The summed E-state index contributed by atoms with van der Waals surface area (Å²) >= 11 is 0. The first-order valence-corrected chi connectivity index (χ1v) is 8.47. The zero-order chi connectivity index (χ0) is 16.5. The summed E-state index contributed by atoms with van der Waals surface area (Å²) in [6.07, 6.45) is 3.50. The van der Waals surface area contributed by atoms with E-state index in [1.807, 2.05) is 6.20 Å². The van der Waals surface area contributed by atoms with E-state index in [0.29, 0.717) is 18.8 Å². The summed E-state index contributed by atoms with van der Waals surface area (Å²) in [7, 11) is 2.17. The number of imidazole rings is 1. The second-order valence-electron chi connectivity index (χ2n) is 6.60. The average molecular weight is 329 g/mol. The van der Waals surface area contributed by atoms with Gasteiger partial charge in [0.15, 0.2) is 5.76 Å². The predicted octanol–water partition coefficient (Wildman–Crippen LogP) is 0.879. The van der Waals surface area contributed by atoms with E-state index in [9.17, 15) is 4.79 Å². The van der Waals surface area contributed by atoms with Crippen molar-refractivity contribution in [2.45, 2.75) is 19.6 Å². The monoisotopic (exact) mass is 329 g/mol. The Bertz CT molecular complexity index is 701. The minimum atomic E-state index is -0.0603. The van der Waals surface area contributed by atoms with Gasteiger partial charge in [-0.05, 0) is 19.2 Å². The van der Waals surface area contributed by atoms with Crippen molar-refractivity contribution in [2.24, 2.45) is 0 Å². The molecule has 0 aromatic carbocycles. The maximum Gasteiger partial charge on any atom is 0.290 e. The molecule has 1 amide bonds. The first-order valence-electron chi connectivity index (χ1n) is 8.47. The lowest BCUT2D eigenvalue weighted by Crippen LogP contribution is -2.44. The van der Waals surface area contributed by atoms with Crippen molar-refractivity contribution in [1.29, 1.82) is 0 Å². The van der Waals surface area contributed by atoms with Crippen LogP contribution in [0.15, 0.2) is 29.0 Å². The van der Waals surface area contributed by atoms with Crippen molar-refractivity contribution in [1.82, 2.24) is 24.3 Å². The number of piperazine rings is 1. The van der Waals surface area contributed by atoms with Gasteiger partial charge in [0.05, 0.1) is 18.5 Å². The third-order valence-electron chi connectivity index (χ3n) is 4.95. The van der Waals surface area contributed by atoms with Gasteiger partial charge in [0, 0.05) is 52.0 Å². The van der Waals surface area contributed by atoms with Crippen molar-refractivity contribution >= 4 is 5.91 Å². The minimum absolute atomic E-state index is 0.0603. The quantitative estimate of drug-likeness (QED) is 0.837. The molecule has 0 saturated carbocycles. The van der Waals surface area contributed by atoms with Crippen molar-refractivity contribution < 1.29 is 9.21 Å². The molecule has 1 fully saturated rings. The highest BCUT2D eigenvalue weighted by molar-refractivity contribution is 5.91. The maximum atomic E-state index is 12.4. The summed E-state index contributed by atoms with van der Waals surface area (Å²) in [5, 5.41) is 0. The lowest BCUT2D eigenvalue weighted by molar-refractivity contribution is 0.0672. The molecule has 0 radical (unpaired) electrons. The maximum absolute atomic E-state index is 12.4. The SMILES string of the molecule is CN1CCN(Cc2cnc3n2CCN(C(=O)c2ccco2)C3)CC1. The van der Waals surface area contributed by atoms with Crippen LogP contribution in [-0.4, -0.2) is 69.9 Å². The molecule has 2 aliphatic heterocycles. The first kappa shape index (κ1) is 15.4. The number of rotatable bonds is 3. The molecule has 0 unspecified atom stereocenters. The Morgan fingerprint density at radius 2 is 2.04 bits per heavy atom. The molecule has 0 atom stereocenters. The highest BCUT2D eigenvalue weighted by Crippen LogP contribution is 2.18. The number of likely N-dealkylation sites (N-methyl/N-ethyl adjacent to an activating group) is 1. The summed E-state index contributed by atoms with van der Waals surface area (Å²) in [6.45, 7) is 7.40. The van der Waals surface area contributed by atoms with Crippen LogP contribution in [0.2, 0.25) is 0 Å². The number of amides is 1. The van der Waals surface area contributed by atoms with Crippen LogP contribution in [0.5, 0.6) is 0 Å². The summed E-state index contributed by atoms with van der Waals surface area (Å²) in [4.78, 5) is 23.6. The van der Waals surface area contributed by atoms with E-state index in [2.05, 4.69) is 26.4 Å². The molecule has 4 rings (SSSR count). The van der Waals surface area contributed by atoms with Gasteiger partial charge in [-0.3, -0.25) is 9.69 Å². The van der Waals surface area contributed by atoms with Gasteiger partial charge >= 0.3 is 0 Å². The third-order valence-corrected chi connectivity index (χ3v) is 4.95. The van der Waals surface area contributed by atoms with E-state index >= 15 is 0 Å². The summed E-state index contributed by atoms with van der Waals surface area (Å²) in [5.74, 6) is 1.30. The molecular formula is C17H23N5O2. The van der Waals surface area contributed by atoms with E-state index < -0.39 is 0 Å². The van der Waals surface area contributed by atoms with E-state index in [-0.39, 0.29) is 5.91 Å². The van der Waals surface area contributed by atoms with Crippen molar-refractivity contribution in [3.63, 3.8) is 0 Å². The molecule has 0 bridgehead atoms. The molecule has 128 valence electrons. The second-order valence-corrected chi connectivity index (χ2v) is 6.60. The lowest BCUT2D eigenvalue weighted by atomic mass is 10.3. The van der Waals surface area contributed by atoms with Gasteiger partial charge in [-0.25, -0.2) is 4.98 Å². The van der Waals surface area contributed by atoms with E-state index in [0.717, 1.165) is 45.1 Å². The molecule has 0 N–H and O–H groups in total. The Morgan fingerprint density at radius 3 is 2.79 bits per heavy atom. The van der Waals surface area contributed by atoms with Crippen molar-refractivity contribution in [3.05, 3.63) is 41.9 Å². The topological polar surface area (TPSA) is 57.8 Å². The van der Waals surface area contributed by atoms with Crippen LogP contribution in [-0.2, 0) is 19.6 Å². The van der Waals surface area contributed by atoms with Crippen LogP contribution < -0.4 is 0 Å². The van der Waals surface area contributed by atoms with E-state index in [4.69, 9.17) is 4.42 Å². The first-order chi connectivity index (χ1) is 11.7. The normalized spacial score (nSPS) is 19.5. The number of hydrogen-bond acceptors (Lipinski definition) is 5. The molecule has 0 spiro atoms. The van der Waals surface area contributed by atoms with Gasteiger partial charge in [0.25, 0.3) is 5.91 Å². The summed E-state index contributed by atoms with van der Waals surface area (Å²) < 4.78 is 7.49. The highest BCUT2D eigenvalue weighted by Gasteiger charge is 2.26. The summed E-state index contributed by atoms with van der Waals surface area (Å²) in [6, 6.07) is 3.45. The van der Waals surface area contributed by atoms with Crippen LogP contribution in [0.1, 0.15) is 22.1 Å². The molecule has 0 aliphatic carbocycles. The molecule has 1 saturated heterocycles. The molecule has 2 aromatic rings. The molecule has 7 nitrogen and oxygen atoms in total. The fourth-order valence-electron chi connectivity index (χ4n) is 3.41. The average Bonchev–Trinajstić information content (AvgIpc) is 3.26. The van der Waals surface area contributed by atoms with Gasteiger partial charge in [-0.15, -0.1) is 0 Å². The summed E-state index contributed by atoms with van der Waals surface area (Å²) in [5.41, 5.74) is 1.25. The number of hydrogen-bond donors (Lipinski definition) is 0. The zero-order valence-corrected chi connectivity index (χ0v) is 14.0. The van der Waals surface area contributed by atoms with Crippen LogP contribution >= 0.6 is 0 Å². The fourth-order valence-corrected chi connectivity index (χ4v) is 3.41. The van der Waals surface area contributed by atoms with Crippen LogP contribution in [0, 0.1) is 0 Å². The van der Waals surface area contributed by atoms with Gasteiger partial charge in [0.2, 0.25) is 0 Å². The Labute approximate surface area is 141 Å². The Kier molecular flexibility index (Phi) is 4.12. The minimum Gasteiger partial charge on any atom is -0.459 e. The number of furan rings is 1. The third kappa shape index (κ3) is 2.97. The molecule has 2 aromatic heterocycles. The molecule has 4 heterocycles. The van der Waals surface area contributed by atoms with E-state index in [1.165, 1.54) is 12.0 Å². The largest absolute Gasteiger partial charge is 0.459 e. The Morgan fingerprint density at radius 1 is 1.21 bits per heavy atom. The number of nitrogens with zero attached hydrogens (tertiary/aromatic N) is 5. The van der Waals surface area contributed by atoms with E-state index in [1.54, 1.807) is 17.0 Å². The van der Waals surface area contributed by atoms with Gasteiger partial charge < -0.3 is 18.8 Å². The molecule has 2 aliphatic rings. The molecule has 7 heteroatoms. The lowest BCUT2D eigenvalue weighted by Gasteiger charge is -2.33. The van der Waals surface area contributed by atoms with Crippen LogP contribution in [0.4, 0.5) is 0 Å². The van der Waals surface area contributed by atoms with Crippen molar-refractivity contribution in [3.8, 4) is 0 Å². The predicted molar refractivity (Wildman–Crippen MR) is 88.4 cm³/mol. The zero-order valence-electron chi connectivity index (χ0n) is 14.0. The van der Waals surface area contributed by atoms with Crippen LogP contribution in [0.3, 0.4) is 0 Å². The number of carbonyl (C=O) groups is 1. The standard InChI is InChI=1S/C17H23N5O2/c1-19-4-6-20(7-5-19)12-14-11-18-16-13-21(8-9-22(14)16)17(23)15-3-2-10-24-15/h2-3,10-11H,4-9,12-13H2,1H3. The Balaban J connectivity index is 1.43. The number of fused-ring (bicyclic) bond motifs is 1. The Hall–Kier alpha value is -2.12. The fraction of sp³-hybridized carbons (Fsp3) is 0.529. The highest BCUT2D eigenvalue weighted by atomic mass is 16.3. The van der Waals surface area contributed by atoms with Crippen molar-refractivity contribution in [2.75, 3.05) is 39.8 Å². The van der Waals surface area contributed by atoms with Gasteiger partial charge in [0.1, 0.15) is 5.82 Å². The molecule has 24 heavy (non-hydrogen) atoms. The molecular weight excluding hydrogens is 306 g/mol. The second kappa shape index (κ2) is 6.41.